The van der Waals surface area contributed by atoms with Gasteiger partial charge in [-0.2, -0.15) is 0 Å². The standard InChI is InChI=1S/C10H16BrNO2S/c1-7(12)10(14-6-5-13-2)8-3-4-9(11)15-8/h3-4,7,10H,5-6,12H2,1-2H3. The maximum Gasteiger partial charge on any atom is 0.107 e. The Bertz CT molecular complexity index is 291. The Morgan fingerprint density at radius 1 is 1.47 bits per heavy atom. The Hall–Kier alpha value is 0.0600. The lowest BCUT2D eigenvalue weighted by molar-refractivity contribution is 0.00797. The maximum atomic E-state index is 5.89. The molecule has 0 aliphatic heterocycles. The van der Waals surface area contributed by atoms with Gasteiger partial charge in [0.25, 0.3) is 0 Å². The summed E-state index contributed by atoms with van der Waals surface area (Å²) in [5, 5.41) is 0. The fraction of sp³-hybridized carbons (Fsp3) is 0.600. The van der Waals surface area contributed by atoms with Crippen molar-refractivity contribution in [2.24, 2.45) is 5.73 Å². The summed E-state index contributed by atoms with van der Waals surface area (Å²) in [6.07, 6.45) is -0.0450. The van der Waals surface area contributed by atoms with E-state index in [-0.39, 0.29) is 12.1 Å². The van der Waals surface area contributed by atoms with E-state index in [9.17, 15) is 0 Å². The van der Waals surface area contributed by atoms with Gasteiger partial charge in [-0.1, -0.05) is 0 Å². The predicted octanol–water partition coefficient (Wildman–Crippen LogP) is 2.56. The zero-order valence-corrected chi connectivity index (χ0v) is 11.3. The lowest BCUT2D eigenvalue weighted by atomic mass is 10.1. The molecule has 2 unspecified atom stereocenters. The minimum atomic E-state index is -0.0450. The highest BCUT2D eigenvalue weighted by Crippen LogP contribution is 2.30. The highest BCUT2D eigenvalue weighted by Gasteiger charge is 2.18. The third kappa shape index (κ3) is 4.20. The molecule has 2 N–H and O–H groups in total. The first kappa shape index (κ1) is 13.1. The fourth-order valence-corrected chi connectivity index (χ4v) is 2.82. The number of hydrogen-bond acceptors (Lipinski definition) is 4. The third-order valence-electron chi connectivity index (χ3n) is 1.94. The second kappa shape index (κ2) is 6.60. The lowest BCUT2D eigenvalue weighted by Gasteiger charge is -2.19. The van der Waals surface area contributed by atoms with E-state index in [1.54, 1.807) is 18.4 Å². The molecule has 0 aliphatic rings. The number of rotatable bonds is 6. The molecular weight excluding hydrogens is 278 g/mol. The summed E-state index contributed by atoms with van der Waals surface area (Å²) in [5.74, 6) is 0. The molecular formula is C10H16BrNO2S. The van der Waals surface area contributed by atoms with Gasteiger partial charge in [0, 0.05) is 18.0 Å². The Morgan fingerprint density at radius 2 is 2.20 bits per heavy atom. The summed E-state index contributed by atoms with van der Waals surface area (Å²) in [4.78, 5) is 1.15. The van der Waals surface area contributed by atoms with E-state index < -0.39 is 0 Å². The first-order valence-corrected chi connectivity index (χ1v) is 6.37. The van der Waals surface area contributed by atoms with Gasteiger partial charge in [0.15, 0.2) is 0 Å². The van der Waals surface area contributed by atoms with Gasteiger partial charge in [-0.3, -0.25) is 0 Å². The molecule has 0 saturated heterocycles. The molecule has 0 radical (unpaired) electrons. The van der Waals surface area contributed by atoms with Crippen LogP contribution in [0.3, 0.4) is 0 Å². The fourth-order valence-electron chi connectivity index (χ4n) is 1.23. The van der Waals surface area contributed by atoms with Crippen LogP contribution in [0.2, 0.25) is 0 Å². The van der Waals surface area contributed by atoms with Crippen LogP contribution in [0.15, 0.2) is 15.9 Å². The Labute approximate surface area is 103 Å². The van der Waals surface area contributed by atoms with Crippen LogP contribution >= 0.6 is 27.3 Å². The largest absolute Gasteiger partial charge is 0.382 e. The smallest absolute Gasteiger partial charge is 0.107 e. The second-order valence-electron chi connectivity index (χ2n) is 3.29. The molecule has 1 rings (SSSR count). The van der Waals surface area contributed by atoms with Crippen molar-refractivity contribution in [3.8, 4) is 0 Å². The van der Waals surface area contributed by atoms with Crippen molar-refractivity contribution in [1.82, 2.24) is 0 Å². The molecule has 86 valence electrons. The Balaban J connectivity index is 2.58. The molecule has 0 fully saturated rings. The number of hydrogen-bond donors (Lipinski definition) is 1. The van der Waals surface area contributed by atoms with E-state index in [1.165, 1.54) is 0 Å². The van der Waals surface area contributed by atoms with Crippen molar-refractivity contribution in [2.45, 2.75) is 19.1 Å². The Kier molecular flexibility index (Phi) is 5.78. The summed E-state index contributed by atoms with van der Waals surface area (Å²) in [6, 6.07) is 4.03. The van der Waals surface area contributed by atoms with Crippen LogP contribution < -0.4 is 5.73 Å². The molecule has 5 heteroatoms. The molecule has 0 spiro atoms. The highest BCUT2D eigenvalue weighted by atomic mass is 79.9. The van der Waals surface area contributed by atoms with Crippen LogP contribution in [0.4, 0.5) is 0 Å². The third-order valence-corrected chi connectivity index (χ3v) is 3.62. The highest BCUT2D eigenvalue weighted by molar-refractivity contribution is 9.11. The maximum absolute atomic E-state index is 5.89. The summed E-state index contributed by atoms with van der Waals surface area (Å²) in [5.41, 5.74) is 5.89. The first-order valence-electron chi connectivity index (χ1n) is 4.76. The number of halogens is 1. The van der Waals surface area contributed by atoms with Crippen molar-refractivity contribution in [1.29, 1.82) is 0 Å². The van der Waals surface area contributed by atoms with Crippen molar-refractivity contribution in [2.75, 3.05) is 20.3 Å². The van der Waals surface area contributed by atoms with Gasteiger partial charge in [0.2, 0.25) is 0 Å². The van der Waals surface area contributed by atoms with E-state index in [4.69, 9.17) is 15.2 Å². The van der Waals surface area contributed by atoms with Gasteiger partial charge < -0.3 is 15.2 Å². The number of thiophene rings is 1. The molecule has 2 atom stereocenters. The van der Waals surface area contributed by atoms with Crippen LogP contribution in [0.1, 0.15) is 17.9 Å². The van der Waals surface area contributed by atoms with E-state index >= 15 is 0 Å². The minimum Gasteiger partial charge on any atom is -0.382 e. The normalized spacial score (nSPS) is 15.2. The average molecular weight is 294 g/mol. The van der Waals surface area contributed by atoms with Gasteiger partial charge in [-0.25, -0.2) is 0 Å². The topological polar surface area (TPSA) is 44.5 Å². The van der Waals surface area contributed by atoms with Crippen molar-refractivity contribution in [3.63, 3.8) is 0 Å². The molecule has 0 aromatic carbocycles. The van der Waals surface area contributed by atoms with E-state index in [1.807, 2.05) is 19.1 Å². The van der Waals surface area contributed by atoms with Crippen LogP contribution in [-0.4, -0.2) is 26.4 Å². The van der Waals surface area contributed by atoms with E-state index in [0.29, 0.717) is 13.2 Å². The molecule has 0 amide bonds. The molecule has 1 aromatic rings. The molecule has 1 heterocycles. The van der Waals surface area contributed by atoms with Crippen LogP contribution in [-0.2, 0) is 9.47 Å². The van der Waals surface area contributed by atoms with Crippen LogP contribution in [0.25, 0.3) is 0 Å². The molecule has 3 nitrogen and oxygen atoms in total. The summed E-state index contributed by atoms with van der Waals surface area (Å²) in [6.45, 7) is 3.11. The number of nitrogens with two attached hydrogens (primary N) is 1. The zero-order chi connectivity index (χ0) is 11.3. The van der Waals surface area contributed by atoms with Gasteiger partial charge >= 0.3 is 0 Å². The SMILES string of the molecule is COCCOC(c1ccc(Br)s1)C(C)N. The Morgan fingerprint density at radius 3 is 2.67 bits per heavy atom. The molecule has 0 bridgehead atoms. The van der Waals surface area contributed by atoms with Crippen molar-refractivity contribution in [3.05, 3.63) is 20.8 Å². The van der Waals surface area contributed by atoms with Gasteiger partial charge in [0.1, 0.15) is 6.10 Å². The first-order chi connectivity index (χ1) is 7.15. The molecule has 1 aromatic heterocycles. The van der Waals surface area contributed by atoms with Crippen molar-refractivity contribution < 1.29 is 9.47 Å². The number of methoxy groups -OCH3 is 1. The van der Waals surface area contributed by atoms with Gasteiger partial charge in [0.05, 0.1) is 17.0 Å². The summed E-state index contributed by atoms with van der Waals surface area (Å²) < 4.78 is 11.7. The zero-order valence-electron chi connectivity index (χ0n) is 8.90. The predicted molar refractivity (Wildman–Crippen MR) is 66.2 cm³/mol. The number of ether oxygens (including phenoxy) is 2. The van der Waals surface area contributed by atoms with Gasteiger partial charge in [-0.05, 0) is 35.0 Å². The average Bonchev–Trinajstić information content (AvgIpc) is 2.59. The molecule has 0 saturated carbocycles. The van der Waals surface area contributed by atoms with Crippen molar-refractivity contribution >= 4 is 27.3 Å². The lowest BCUT2D eigenvalue weighted by Crippen LogP contribution is -2.27. The summed E-state index contributed by atoms with van der Waals surface area (Å²) in [7, 11) is 1.66. The van der Waals surface area contributed by atoms with Crippen LogP contribution in [0, 0.1) is 0 Å². The molecule has 15 heavy (non-hydrogen) atoms. The van der Waals surface area contributed by atoms with Gasteiger partial charge in [-0.15, -0.1) is 11.3 Å². The van der Waals surface area contributed by atoms with E-state index in [2.05, 4.69) is 15.9 Å². The van der Waals surface area contributed by atoms with Crippen LogP contribution in [0.5, 0.6) is 0 Å². The van der Waals surface area contributed by atoms with E-state index in [0.717, 1.165) is 8.66 Å². The summed E-state index contributed by atoms with van der Waals surface area (Å²) >= 11 is 5.08. The quantitative estimate of drug-likeness (QED) is 0.820. The minimum absolute atomic E-state index is 0.0209. The molecule has 0 aliphatic carbocycles. The monoisotopic (exact) mass is 293 g/mol. The second-order valence-corrected chi connectivity index (χ2v) is 5.78.